The number of hydrogen-bond donors (Lipinski definition) is 0. The molecule has 1 heterocycles. The number of nitrogens with zero attached hydrogens (tertiary/aromatic N) is 2. The van der Waals surface area contributed by atoms with Crippen LogP contribution in [0.3, 0.4) is 0 Å². The van der Waals surface area contributed by atoms with Crippen molar-refractivity contribution >= 4 is 5.97 Å². The van der Waals surface area contributed by atoms with Gasteiger partial charge in [0.15, 0.2) is 0 Å². The quantitative estimate of drug-likeness (QED) is 0.692. The zero-order chi connectivity index (χ0) is 15.5. The predicted molar refractivity (Wildman–Crippen MR) is 85.4 cm³/mol. The first-order valence-electron chi connectivity index (χ1n) is 7.03. The Bertz CT molecular complexity index is 793. The fourth-order valence-electron chi connectivity index (χ4n) is 2.42. The van der Waals surface area contributed by atoms with Crippen LogP contribution >= 0.6 is 0 Å². The van der Waals surface area contributed by atoms with Gasteiger partial charge in [-0.05, 0) is 0 Å². The molecule has 0 aliphatic carbocycles. The minimum absolute atomic E-state index is 0.296. The second kappa shape index (κ2) is 5.85. The molecule has 0 saturated heterocycles. The number of benzene rings is 2. The van der Waals surface area contributed by atoms with Gasteiger partial charge in [0.1, 0.15) is 5.69 Å². The van der Waals surface area contributed by atoms with Crippen LogP contribution < -0.4 is 4.74 Å². The van der Waals surface area contributed by atoms with E-state index in [4.69, 9.17) is 4.74 Å². The lowest BCUT2D eigenvalue weighted by molar-refractivity contribution is -0.132. The van der Waals surface area contributed by atoms with Gasteiger partial charge in [-0.3, -0.25) is 9.36 Å². The number of rotatable bonds is 3. The van der Waals surface area contributed by atoms with Crippen LogP contribution in [0.15, 0.2) is 60.7 Å². The number of aromatic nitrogens is 2. The summed E-state index contributed by atoms with van der Waals surface area (Å²) in [5, 5.41) is 0. The molecule has 0 unspecified atom stereocenters. The Balaban J connectivity index is 2.22. The Morgan fingerprint density at radius 1 is 0.955 bits per heavy atom. The van der Waals surface area contributed by atoms with Crippen molar-refractivity contribution in [1.29, 1.82) is 0 Å². The number of esters is 1. The Morgan fingerprint density at radius 3 is 2.05 bits per heavy atom. The molecule has 0 fully saturated rings. The smallest absolute Gasteiger partial charge is 0.310 e. The van der Waals surface area contributed by atoms with Gasteiger partial charge in [-0.1, -0.05) is 60.7 Å². The number of carbonyl (C=O) groups is 1. The summed E-state index contributed by atoms with van der Waals surface area (Å²) in [7, 11) is 1.85. The third kappa shape index (κ3) is 2.63. The lowest BCUT2D eigenvalue weighted by Crippen LogP contribution is -2.06. The van der Waals surface area contributed by atoms with Gasteiger partial charge in [0.2, 0.25) is 0 Å². The molecule has 1 aromatic heterocycles. The number of imidazole rings is 1. The van der Waals surface area contributed by atoms with Crippen LogP contribution in [-0.2, 0) is 11.8 Å². The zero-order valence-corrected chi connectivity index (χ0v) is 12.5. The van der Waals surface area contributed by atoms with Crippen molar-refractivity contribution in [1.82, 2.24) is 9.55 Å². The highest BCUT2D eigenvalue weighted by molar-refractivity contribution is 5.80. The van der Waals surface area contributed by atoms with Gasteiger partial charge in [0.05, 0.1) is 5.69 Å². The molecule has 0 radical (unpaired) electrons. The average molecular weight is 292 g/mol. The fourth-order valence-corrected chi connectivity index (χ4v) is 2.42. The van der Waals surface area contributed by atoms with Gasteiger partial charge >= 0.3 is 12.0 Å². The minimum Gasteiger partial charge on any atom is -0.392 e. The van der Waals surface area contributed by atoms with Gasteiger partial charge in [-0.25, -0.2) is 0 Å². The molecule has 3 aromatic rings. The predicted octanol–water partition coefficient (Wildman–Crippen LogP) is 3.68. The average Bonchev–Trinajstić information content (AvgIpc) is 2.85. The van der Waals surface area contributed by atoms with Crippen LogP contribution in [0.2, 0.25) is 0 Å². The van der Waals surface area contributed by atoms with Crippen molar-refractivity contribution < 1.29 is 9.53 Å². The highest BCUT2D eigenvalue weighted by Crippen LogP contribution is 2.34. The van der Waals surface area contributed by atoms with Crippen molar-refractivity contribution in [3.63, 3.8) is 0 Å². The summed E-state index contributed by atoms with van der Waals surface area (Å²) in [5.74, 6) is -0.382. The van der Waals surface area contributed by atoms with Crippen LogP contribution in [0.25, 0.3) is 22.5 Å². The van der Waals surface area contributed by atoms with Crippen LogP contribution in [0.1, 0.15) is 6.92 Å². The van der Waals surface area contributed by atoms with Crippen LogP contribution in [-0.4, -0.2) is 15.5 Å². The highest BCUT2D eigenvalue weighted by Gasteiger charge is 2.19. The second-order valence-electron chi connectivity index (χ2n) is 4.98. The number of ether oxygens (including phenoxy) is 1. The Labute approximate surface area is 129 Å². The summed E-state index contributed by atoms with van der Waals surface area (Å²) in [6.07, 6.45) is 0. The molecule has 2 aromatic carbocycles. The largest absolute Gasteiger partial charge is 0.392 e. The van der Waals surface area contributed by atoms with Crippen LogP contribution in [0.4, 0.5) is 0 Å². The molecular formula is C18H16N2O2. The number of carbonyl (C=O) groups excluding carboxylic acids is 1. The maximum atomic E-state index is 11.3. The van der Waals surface area contributed by atoms with Gasteiger partial charge in [0.25, 0.3) is 0 Å². The molecule has 0 atom stereocenters. The van der Waals surface area contributed by atoms with Crippen molar-refractivity contribution in [3.8, 4) is 28.5 Å². The minimum atomic E-state index is -0.382. The second-order valence-corrected chi connectivity index (χ2v) is 4.98. The topological polar surface area (TPSA) is 44.1 Å². The summed E-state index contributed by atoms with van der Waals surface area (Å²) >= 11 is 0. The van der Waals surface area contributed by atoms with E-state index < -0.39 is 0 Å². The fraction of sp³-hybridized carbons (Fsp3) is 0.111. The molecule has 0 spiro atoms. The van der Waals surface area contributed by atoms with E-state index in [9.17, 15) is 4.79 Å². The Morgan fingerprint density at radius 2 is 1.50 bits per heavy atom. The van der Waals surface area contributed by atoms with Crippen molar-refractivity contribution in [2.24, 2.45) is 7.05 Å². The first-order chi connectivity index (χ1) is 10.7. The molecule has 0 aliphatic heterocycles. The van der Waals surface area contributed by atoms with E-state index >= 15 is 0 Å². The molecule has 3 rings (SSSR count). The maximum Gasteiger partial charge on any atom is 0.310 e. The Kier molecular flexibility index (Phi) is 3.74. The standard InChI is InChI=1S/C18H16N2O2/c1-13(21)22-18-19-16(14-9-5-3-6-10-14)17(20(18)2)15-11-7-4-8-12-15/h3-12H,1-2H3. The monoisotopic (exact) mass is 292 g/mol. The van der Waals surface area contributed by atoms with E-state index in [-0.39, 0.29) is 5.97 Å². The molecule has 22 heavy (non-hydrogen) atoms. The SMILES string of the molecule is CC(=O)Oc1nc(-c2ccccc2)c(-c2ccccc2)n1C. The van der Waals surface area contributed by atoms with Crippen molar-refractivity contribution in [3.05, 3.63) is 60.7 Å². The maximum absolute atomic E-state index is 11.3. The first kappa shape index (κ1) is 14.1. The lowest BCUT2D eigenvalue weighted by atomic mass is 10.1. The van der Waals surface area contributed by atoms with Gasteiger partial charge in [0, 0.05) is 25.1 Å². The zero-order valence-electron chi connectivity index (χ0n) is 12.5. The van der Waals surface area contributed by atoms with E-state index in [2.05, 4.69) is 4.98 Å². The van der Waals surface area contributed by atoms with Crippen LogP contribution in [0.5, 0.6) is 6.01 Å². The Hall–Kier alpha value is -2.88. The summed E-state index contributed by atoms with van der Waals surface area (Å²) < 4.78 is 7.03. The highest BCUT2D eigenvalue weighted by atomic mass is 16.5. The van der Waals surface area contributed by atoms with Crippen LogP contribution in [0, 0.1) is 0 Å². The molecule has 0 amide bonds. The molecule has 0 saturated carbocycles. The van der Waals surface area contributed by atoms with Gasteiger partial charge < -0.3 is 4.74 Å². The molecule has 0 bridgehead atoms. The van der Waals surface area contributed by atoms with Gasteiger partial charge in [-0.2, -0.15) is 4.98 Å². The van der Waals surface area contributed by atoms with Crippen molar-refractivity contribution in [2.45, 2.75) is 6.92 Å². The third-order valence-electron chi connectivity index (χ3n) is 3.38. The first-order valence-corrected chi connectivity index (χ1v) is 7.03. The molecule has 4 heteroatoms. The summed E-state index contributed by atoms with van der Waals surface area (Å²) in [4.78, 5) is 15.8. The summed E-state index contributed by atoms with van der Waals surface area (Å²) in [6, 6.07) is 20.1. The third-order valence-corrected chi connectivity index (χ3v) is 3.38. The molecule has 0 N–H and O–H groups in total. The van der Waals surface area contributed by atoms with E-state index in [0.717, 1.165) is 22.5 Å². The molecule has 110 valence electrons. The summed E-state index contributed by atoms with van der Waals surface area (Å²) in [6.45, 7) is 1.37. The molecule has 0 aliphatic rings. The van der Waals surface area contributed by atoms with E-state index in [0.29, 0.717) is 6.01 Å². The lowest BCUT2D eigenvalue weighted by Gasteiger charge is -2.07. The van der Waals surface area contributed by atoms with Gasteiger partial charge in [-0.15, -0.1) is 0 Å². The normalized spacial score (nSPS) is 10.5. The number of hydrogen-bond acceptors (Lipinski definition) is 3. The van der Waals surface area contributed by atoms with Crippen molar-refractivity contribution in [2.75, 3.05) is 0 Å². The summed E-state index contributed by atoms with van der Waals surface area (Å²) in [5.41, 5.74) is 3.72. The molecular weight excluding hydrogens is 276 g/mol. The van der Waals surface area contributed by atoms with E-state index in [1.807, 2.05) is 67.7 Å². The van der Waals surface area contributed by atoms with E-state index in [1.54, 1.807) is 4.57 Å². The molecule has 4 nitrogen and oxygen atoms in total. The van der Waals surface area contributed by atoms with E-state index in [1.165, 1.54) is 6.92 Å².